The number of hydrogen-bond acceptors (Lipinski definition) is 6. The van der Waals surface area contributed by atoms with Crippen LogP contribution in [0.5, 0.6) is 11.5 Å². The monoisotopic (exact) mass is 370 g/mol. The molecule has 0 spiro atoms. The summed E-state index contributed by atoms with van der Waals surface area (Å²) in [6.45, 7) is -0.469. The van der Waals surface area contributed by atoms with Crippen LogP contribution in [-0.2, 0) is 6.42 Å². The molecule has 3 aromatic rings. The van der Waals surface area contributed by atoms with Crippen molar-refractivity contribution in [2.24, 2.45) is 5.73 Å². The fourth-order valence-electron chi connectivity index (χ4n) is 2.49. The van der Waals surface area contributed by atoms with E-state index in [0.29, 0.717) is 12.8 Å². The number of aromatic nitrogens is 1. The van der Waals surface area contributed by atoms with Gasteiger partial charge in [-0.15, -0.1) is 11.3 Å². The zero-order chi connectivity index (χ0) is 18.4. The van der Waals surface area contributed by atoms with Crippen molar-refractivity contribution in [3.05, 3.63) is 65.7 Å². The molecule has 4 N–H and O–H groups in total. The van der Waals surface area contributed by atoms with Gasteiger partial charge in [-0.05, 0) is 54.8 Å². The number of nitrogens with zero attached hydrogens (tertiary/aromatic N) is 1. The SMILES string of the molecule is NC(CO)(CO)CCc1ccc(Oc2ccc(-c3nccs3)cc2)cc1. The second kappa shape index (κ2) is 8.42. The average molecular weight is 370 g/mol. The molecule has 6 heteroatoms. The summed E-state index contributed by atoms with van der Waals surface area (Å²) in [5, 5.41) is 21.4. The lowest BCUT2D eigenvalue weighted by molar-refractivity contribution is 0.115. The maximum Gasteiger partial charge on any atom is 0.127 e. The third-order valence-electron chi connectivity index (χ3n) is 4.23. The molecule has 0 saturated carbocycles. The second-order valence-electron chi connectivity index (χ2n) is 6.29. The third kappa shape index (κ3) is 4.68. The highest BCUT2D eigenvalue weighted by Crippen LogP contribution is 2.27. The molecule has 0 unspecified atom stereocenters. The van der Waals surface area contributed by atoms with E-state index in [4.69, 9.17) is 10.5 Å². The van der Waals surface area contributed by atoms with Crippen molar-refractivity contribution in [1.82, 2.24) is 4.98 Å². The van der Waals surface area contributed by atoms with Crippen LogP contribution in [0.25, 0.3) is 10.6 Å². The van der Waals surface area contributed by atoms with Gasteiger partial charge in [0.25, 0.3) is 0 Å². The Morgan fingerprint density at radius 1 is 0.962 bits per heavy atom. The van der Waals surface area contributed by atoms with Gasteiger partial charge in [0.05, 0.1) is 18.8 Å². The standard InChI is InChI=1S/C20H22N2O3S/c21-20(13-23,14-24)10-9-15-1-5-17(6-2-15)25-18-7-3-16(4-8-18)19-22-11-12-26-19/h1-8,11-12,23-24H,9-10,13-14,21H2. The van der Waals surface area contributed by atoms with Gasteiger partial charge in [0.15, 0.2) is 0 Å². The van der Waals surface area contributed by atoms with Crippen LogP contribution in [0.15, 0.2) is 60.1 Å². The highest BCUT2D eigenvalue weighted by Gasteiger charge is 2.22. The van der Waals surface area contributed by atoms with Gasteiger partial charge in [0.1, 0.15) is 16.5 Å². The van der Waals surface area contributed by atoms with Crippen molar-refractivity contribution in [2.75, 3.05) is 13.2 Å². The zero-order valence-electron chi connectivity index (χ0n) is 14.3. The largest absolute Gasteiger partial charge is 0.457 e. The molecule has 3 rings (SSSR count). The van der Waals surface area contributed by atoms with Crippen LogP contribution in [0.4, 0.5) is 0 Å². The number of aryl methyl sites for hydroxylation is 1. The molecule has 136 valence electrons. The normalized spacial score (nSPS) is 11.5. The van der Waals surface area contributed by atoms with Gasteiger partial charge in [-0.2, -0.15) is 0 Å². The summed E-state index contributed by atoms with van der Waals surface area (Å²) in [7, 11) is 0. The van der Waals surface area contributed by atoms with Gasteiger partial charge in [-0.3, -0.25) is 0 Å². The number of rotatable bonds is 8. The fourth-order valence-corrected chi connectivity index (χ4v) is 3.14. The molecule has 26 heavy (non-hydrogen) atoms. The molecule has 0 atom stereocenters. The molecule has 1 heterocycles. The zero-order valence-corrected chi connectivity index (χ0v) is 15.2. The van der Waals surface area contributed by atoms with E-state index in [1.165, 1.54) is 0 Å². The van der Waals surface area contributed by atoms with Crippen LogP contribution in [0.2, 0.25) is 0 Å². The Bertz CT molecular complexity index is 798. The first-order valence-electron chi connectivity index (χ1n) is 8.39. The molecule has 0 aliphatic rings. The van der Waals surface area contributed by atoms with E-state index >= 15 is 0 Å². The van der Waals surface area contributed by atoms with Crippen LogP contribution >= 0.6 is 11.3 Å². The summed E-state index contributed by atoms with van der Waals surface area (Å²) in [6.07, 6.45) is 2.99. The molecule has 0 radical (unpaired) electrons. The molecular formula is C20H22N2O3S. The molecule has 0 amide bonds. The highest BCUT2D eigenvalue weighted by molar-refractivity contribution is 7.13. The Kier molecular flexibility index (Phi) is 6.00. The maximum absolute atomic E-state index is 9.24. The quantitative estimate of drug-likeness (QED) is 0.567. The predicted molar refractivity (Wildman–Crippen MR) is 103 cm³/mol. The van der Waals surface area contributed by atoms with Gasteiger partial charge < -0.3 is 20.7 Å². The highest BCUT2D eigenvalue weighted by atomic mass is 32.1. The number of ether oxygens (including phenoxy) is 1. The molecule has 0 aliphatic carbocycles. The summed E-state index contributed by atoms with van der Waals surface area (Å²) in [6, 6.07) is 15.6. The maximum atomic E-state index is 9.24. The van der Waals surface area contributed by atoms with Gasteiger partial charge in [-0.25, -0.2) is 4.98 Å². The van der Waals surface area contributed by atoms with Gasteiger partial charge in [-0.1, -0.05) is 12.1 Å². The molecule has 0 fully saturated rings. The van der Waals surface area contributed by atoms with Crippen molar-refractivity contribution in [3.63, 3.8) is 0 Å². The lowest BCUT2D eigenvalue weighted by Crippen LogP contribution is -2.47. The summed E-state index contributed by atoms with van der Waals surface area (Å²) in [4.78, 5) is 4.29. The molecule has 0 saturated heterocycles. The van der Waals surface area contributed by atoms with Crippen molar-refractivity contribution in [1.29, 1.82) is 0 Å². The minimum atomic E-state index is -0.936. The van der Waals surface area contributed by atoms with Crippen molar-refractivity contribution in [2.45, 2.75) is 18.4 Å². The van der Waals surface area contributed by atoms with E-state index in [1.54, 1.807) is 17.5 Å². The molecule has 2 aromatic carbocycles. The van der Waals surface area contributed by atoms with Gasteiger partial charge in [0, 0.05) is 17.1 Å². The Labute approximate surface area is 156 Å². The Balaban J connectivity index is 1.59. The number of thiazole rings is 1. The summed E-state index contributed by atoms with van der Waals surface area (Å²) in [5.41, 5.74) is 7.11. The first kappa shape index (κ1) is 18.5. The van der Waals surface area contributed by atoms with Crippen molar-refractivity contribution < 1.29 is 14.9 Å². The number of hydrogen-bond donors (Lipinski definition) is 3. The summed E-state index contributed by atoms with van der Waals surface area (Å²) in [5.74, 6) is 1.51. The number of aliphatic hydroxyl groups is 2. The van der Waals surface area contributed by atoms with E-state index in [9.17, 15) is 10.2 Å². The topological polar surface area (TPSA) is 88.6 Å². The van der Waals surface area contributed by atoms with E-state index in [-0.39, 0.29) is 13.2 Å². The lowest BCUT2D eigenvalue weighted by atomic mass is 9.94. The molecular weight excluding hydrogens is 348 g/mol. The van der Waals surface area contributed by atoms with Crippen LogP contribution in [-0.4, -0.2) is 33.9 Å². The Morgan fingerprint density at radius 2 is 1.58 bits per heavy atom. The van der Waals surface area contributed by atoms with Crippen LogP contribution in [0, 0.1) is 0 Å². The van der Waals surface area contributed by atoms with E-state index in [0.717, 1.165) is 27.6 Å². The van der Waals surface area contributed by atoms with Crippen molar-refractivity contribution >= 4 is 11.3 Å². The van der Waals surface area contributed by atoms with Crippen LogP contribution in [0.1, 0.15) is 12.0 Å². The second-order valence-corrected chi connectivity index (χ2v) is 7.18. The number of benzene rings is 2. The molecule has 0 aliphatic heterocycles. The molecule has 5 nitrogen and oxygen atoms in total. The number of aliphatic hydroxyl groups excluding tert-OH is 2. The molecule has 0 bridgehead atoms. The van der Waals surface area contributed by atoms with Gasteiger partial charge in [0.2, 0.25) is 0 Å². The van der Waals surface area contributed by atoms with E-state index in [2.05, 4.69) is 4.98 Å². The summed E-state index contributed by atoms with van der Waals surface area (Å²) >= 11 is 1.60. The van der Waals surface area contributed by atoms with E-state index < -0.39 is 5.54 Å². The van der Waals surface area contributed by atoms with Gasteiger partial charge >= 0.3 is 0 Å². The van der Waals surface area contributed by atoms with Crippen molar-refractivity contribution in [3.8, 4) is 22.1 Å². The van der Waals surface area contributed by atoms with Crippen LogP contribution in [0.3, 0.4) is 0 Å². The minimum Gasteiger partial charge on any atom is -0.457 e. The number of nitrogens with two attached hydrogens (primary N) is 1. The fraction of sp³-hybridized carbons (Fsp3) is 0.250. The first-order valence-corrected chi connectivity index (χ1v) is 9.27. The first-order chi connectivity index (χ1) is 12.6. The third-order valence-corrected chi connectivity index (χ3v) is 5.06. The lowest BCUT2D eigenvalue weighted by Gasteiger charge is -2.24. The predicted octanol–water partition coefficient (Wildman–Crippen LogP) is 3.22. The smallest absolute Gasteiger partial charge is 0.127 e. The summed E-state index contributed by atoms with van der Waals surface area (Å²) < 4.78 is 5.87. The molecule has 1 aromatic heterocycles. The minimum absolute atomic E-state index is 0.234. The van der Waals surface area contributed by atoms with E-state index in [1.807, 2.05) is 53.9 Å². The average Bonchev–Trinajstić information content (AvgIpc) is 3.23. The van der Waals surface area contributed by atoms with Crippen LogP contribution < -0.4 is 10.5 Å². The Hall–Kier alpha value is -2.25. The Morgan fingerprint density at radius 3 is 2.12 bits per heavy atom.